The van der Waals surface area contributed by atoms with Crippen LogP contribution in [0.2, 0.25) is 0 Å². The second-order valence-electron chi connectivity index (χ2n) is 7.24. The molecule has 2 fully saturated rings. The third-order valence-corrected chi connectivity index (χ3v) is 6.04. The molecule has 1 N–H and O–H groups in total. The minimum absolute atomic E-state index is 0.273. The molecule has 8 heteroatoms. The number of likely N-dealkylation sites (tertiary alicyclic amines) is 1. The fourth-order valence-corrected chi connectivity index (χ4v) is 4.54. The van der Waals surface area contributed by atoms with Crippen LogP contribution in [0.1, 0.15) is 24.9 Å². The summed E-state index contributed by atoms with van der Waals surface area (Å²) >= 11 is 0. The molecule has 0 aliphatic carbocycles. The van der Waals surface area contributed by atoms with E-state index < -0.39 is 29.4 Å². The van der Waals surface area contributed by atoms with Crippen LogP contribution < -0.4 is 5.32 Å². The number of nitrogens with zero attached hydrogens (tertiary/aromatic N) is 3. The molecule has 2 aliphatic rings. The normalized spacial score (nSPS) is 29.2. The molecule has 0 bridgehead atoms. The van der Waals surface area contributed by atoms with Gasteiger partial charge in [-0.05, 0) is 24.1 Å². The molecule has 8 nitrogen and oxygen atoms in total. The van der Waals surface area contributed by atoms with Gasteiger partial charge in [0.15, 0.2) is 0 Å². The van der Waals surface area contributed by atoms with Gasteiger partial charge in [-0.15, -0.1) is 0 Å². The Morgan fingerprint density at radius 1 is 1.25 bits per heavy atom. The van der Waals surface area contributed by atoms with E-state index >= 15 is 0 Å². The van der Waals surface area contributed by atoms with Crippen molar-refractivity contribution in [1.82, 2.24) is 19.8 Å². The summed E-state index contributed by atoms with van der Waals surface area (Å²) in [5.41, 5.74) is 0.552. The van der Waals surface area contributed by atoms with E-state index in [2.05, 4.69) is 10.3 Å². The van der Waals surface area contributed by atoms with Crippen LogP contribution in [0.3, 0.4) is 0 Å². The van der Waals surface area contributed by atoms with Gasteiger partial charge >= 0.3 is 5.97 Å². The van der Waals surface area contributed by atoms with Gasteiger partial charge in [-0.3, -0.25) is 24.6 Å². The third-order valence-electron chi connectivity index (χ3n) is 6.04. The Kier molecular flexibility index (Phi) is 4.30. The second kappa shape index (κ2) is 6.56. The van der Waals surface area contributed by atoms with Crippen LogP contribution in [0.15, 0.2) is 43.0 Å². The zero-order valence-corrected chi connectivity index (χ0v) is 16.0. The summed E-state index contributed by atoms with van der Waals surface area (Å²) in [4.78, 5) is 43.5. The Morgan fingerprint density at radius 2 is 1.96 bits per heavy atom. The van der Waals surface area contributed by atoms with Gasteiger partial charge in [0.05, 0.1) is 25.3 Å². The highest BCUT2D eigenvalue weighted by molar-refractivity contribution is 6.09. The molecular formula is C20H22N4O4. The molecule has 2 amide bonds. The van der Waals surface area contributed by atoms with Crippen LogP contribution in [0.5, 0.6) is 0 Å². The number of imidazole rings is 1. The standard InChI is InChI=1S/C20H22N4O4/c1-4-20(19(27)28-3)15-14(17(25)23(2)18(15)26)16(22-20)12-5-7-13(8-6-12)24-10-9-21-11-24/h5-11,14-16,22H,4H2,1-3H3/t14-,15-,16-,20-/m0/s1. The summed E-state index contributed by atoms with van der Waals surface area (Å²) in [7, 11) is 2.77. The molecule has 2 saturated heterocycles. The van der Waals surface area contributed by atoms with E-state index in [0.29, 0.717) is 6.42 Å². The molecule has 28 heavy (non-hydrogen) atoms. The molecule has 0 spiro atoms. The molecule has 4 rings (SSSR count). The lowest BCUT2D eigenvalue weighted by Crippen LogP contribution is -2.55. The number of hydrogen-bond donors (Lipinski definition) is 1. The van der Waals surface area contributed by atoms with Crippen LogP contribution >= 0.6 is 0 Å². The molecule has 4 atom stereocenters. The van der Waals surface area contributed by atoms with Crippen LogP contribution in [-0.4, -0.2) is 51.9 Å². The predicted octanol–water partition coefficient (Wildman–Crippen LogP) is 1.07. The molecule has 0 saturated carbocycles. The van der Waals surface area contributed by atoms with Crippen molar-refractivity contribution in [2.75, 3.05) is 14.2 Å². The first-order valence-electron chi connectivity index (χ1n) is 9.20. The van der Waals surface area contributed by atoms with Crippen molar-refractivity contribution in [3.63, 3.8) is 0 Å². The second-order valence-corrected chi connectivity index (χ2v) is 7.24. The van der Waals surface area contributed by atoms with Crippen molar-refractivity contribution in [2.24, 2.45) is 11.8 Å². The summed E-state index contributed by atoms with van der Waals surface area (Å²) < 4.78 is 6.89. The fraction of sp³-hybridized carbons (Fsp3) is 0.400. The van der Waals surface area contributed by atoms with Gasteiger partial charge in [-0.25, -0.2) is 4.98 Å². The van der Waals surface area contributed by atoms with Crippen LogP contribution in [0.4, 0.5) is 0 Å². The van der Waals surface area contributed by atoms with Gasteiger partial charge in [0.2, 0.25) is 11.8 Å². The number of rotatable bonds is 4. The average molecular weight is 382 g/mol. The minimum atomic E-state index is -1.22. The molecular weight excluding hydrogens is 360 g/mol. The topological polar surface area (TPSA) is 93.5 Å². The highest BCUT2D eigenvalue weighted by Crippen LogP contribution is 2.50. The molecule has 146 valence electrons. The Balaban J connectivity index is 1.76. The van der Waals surface area contributed by atoms with Crippen LogP contribution in [-0.2, 0) is 19.1 Å². The number of carbonyl (C=O) groups is 3. The Bertz CT molecular complexity index is 924. The number of nitrogens with one attached hydrogen (secondary N) is 1. The van der Waals surface area contributed by atoms with Crippen molar-refractivity contribution >= 4 is 17.8 Å². The van der Waals surface area contributed by atoms with E-state index in [1.54, 1.807) is 12.5 Å². The summed E-state index contributed by atoms with van der Waals surface area (Å²) in [5, 5.41) is 3.30. The van der Waals surface area contributed by atoms with E-state index in [0.717, 1.165) is 16.2 Å². The molecule has 3 heterocycles. The third kappa shape index (κ3) is 2.41. The van der Waals surface area contributed by atoms with Gasteiger partial charge in [-0.2, -0.15) is 0 Å². The van der Waals surface area contributed by atoms with Gasteiger partial charge in [0, 0.05) is 31.2 Å². The Labute approximate surface area is 162 Å². The number of ether oxygens (including phenoxy) is 1. The SMILES string of the molecule is CC[C@]1(C(=O)OC)N[C@@H](c2ccc(-n3ccnc3)cc2)[C@H]2C(=O)N(C)C(=O)[C@H]21. The van der Waals surface area contributed by atoms with E-state index in [9.17, 15) is 14.4 Å². The maximum Gasteiger partial charge on any atom is 0.326 e. The highest BCUT2D eigenvalue weighted by atomic mass is 16.5. The molecule has 0 unspecified atom stereocenters. The van der Waals surface area contributed by atoms with Crippen LogP contribution in [0, 0.1) is 11.8 Å². The van der Waals surface area contributed by atoms with Crippen molar-refractivity contribution < 1.29 is 19.1 Å². The van der Waals surface area contributed by atoms with Gasteiger partial charge < -0.3 is 9.30 Å². The fourth-order valence-electron chi connectivity index (χ4n) is 4.54. The van der Waals surface area contributed by atoms with Gasteiger partial charge in [0.1, 0.15) is 5.54 Å². The minimum Gasteiger partial charge on any atom is -0.468 e. The van der Waals surface area contributed by atoms with Crippen molar-refractivity contribution in [3.05, 3.63) is 48.5 Å². The Morgan fingerprint density at radius 3 is 2.54 bits per heavy atom. The summed E-state index contributed by atoms with van der Waals surface area (Å²) in [6.07, 6.45) is 5.58. The quantitative estimate of drug-likeness (QED) is 0.628. The van der Waals surface area contributed by atoms with Gasteiger partial charge in [-0.1, -0.05) is 19.1 Å². The van der Waals surface area contributed by atoms with Crippen molar-refractivity contribution in [2.45, 2.75) is 24.9 Å². The number of fused-ring (bicyclic) bond motifs is 1. The lowest BCUT2D eigenvalue weighted by molar-refractivity contribution is -0.154. The van der Waals surface area contributed by atoms with Crippen molar-refractivity contribution in [3.8, 4) is 5.69 Å². The first-order valence-corrected chi connectivity index (χ1v) is 9.20. The number of benzene rings is 1. The maximum atomic E-state index is 12.8. The Hall–Kier alpha value is -3.00. The number of hydrogen-bond acceptors (Lipinski definition) is 6. The van der Waals surface area contributed by atoms with E-state index in [1.165, 1.54) is 14.2 Å². The smallest absolute Gasteiger partial charge is 0.326 e. The predicted molar refractivity (Wildman–Crippen MR) is 99.2 cm³/mol. The zero-order valence-electron chi connectivity index (χ0n) is 16.0. The monoisotopic (exact) mass is 382 g/mol. The summed E-state index contributed by atoms with van der Waals surface area (Å²) in [5.74, 6) is -2.55. The number of amides is 2. The first-order chi connectivity index (χ1) is 13.4. The summed E-state index contributed by atoms with van der Waals surface area (Å²) in [6.45, 7) is 1.82. The van der Waals surface area contributed by atoms with Crippen LogP contribution in [0.25, 0.3) is 5.69 Å². The maximum absolute atomic E-state index is 12.8. The van der Waals surface area contributed by atoms with E-state index in [-0.39, 0.29) is 11.8 Å². The lowest BCUT2D eigenvalue weighted by atomic mass is 9.78. The molecule has 0 radical (unpaired) electrons. The largest absolute Gasteiger partial charge is 0.468 e. The number of carbonyl (C=O) groups excluding carboxylic acids is 3. The molecule has 1 aromatic heterocycles. The van der Waals surface area contributed by atoms with Crippen molar-refractivity contribution in [1.29, 1.82) is 0 Å². The first kappa shape index (κ1) is 18.4. The number of imide groups is 1. The number of aromatic nitrogens is 2. The van der Waals surface area contributed by atoms with Gasteiger partial charge in [0.25, 0.3) is 0 Å². The van der Waals surface area contributed by atoms with E-state index in [4.69, 9.17) is 4.74 Å². The zero-order chi connectivity index (χ0) is 20.1. The highest BCUT2D eigenvalue weighted by Gasteiger charge is 2.67. The number of methoxy groups -OCH3 is 1. The van der Waals surface area contributed by atoms with E-state index in [1.807, 2.05) is 42.0 Å². The molecule has 2 aliphatic heterocycles. The molecule has 2 aromatic rings. The molecule has 1 aromatic carbocycles. The lowest BCUT2D eigenvalue weighted by Gasteiger charge is -2.30. The summed E-state index contributed by atoms with van der Waals surface area (Å²) in [6, 6.07) is 7.19. The number of esters is 1. The average Bonchev–Trinajstić information content (AvgIpc) is 3.42.